The molecule has 8 heteroatoms. The third-order valence-corrected chi connectivity index (χ3v) is 5.74. The molecule has 6 nitrogen and oxygen atoms in total. The maximum atomic E-state index is 11.5. The molecule has 3 heterocycles. The number of nitrogens with zero attached hydrogens (tertiary/aromatic N) is 3. The molecule has 4 rings (SSSR count). The Morgan fingerprint density at radius 3 is 2.88 bits per heavy atom. The Bertz CT molecular complexity index is 1080. The van der Waals surface area contributed by atoms with Gasteiger partial charge in [0.15, 0.2) is 0 Å². The van der Waals surface area contributed by atoms with Crippen LogP contribution in [0.25, 0.3) is 22.3 Å². The van der Waals surface area contributed by atoms with Gasteiger partial charge in [-0.25, -0.2) is 4.98 Å². The topological polar surface area (TPSA) is 77.1 Å². The largest absolute Gasteiger partial charge is 0.342 e. The van der Waals surface area contributed by atoms with Crippen LogP contribution in [0, 0.1) is 6.92 Å². The first-order chi connectivity index (χ1) is 11.3. The molecule has 1 aliphatic heterocycles. The first-order valence-electron chi connectivity index (χ1n) is 7.52. The van der Waals surface area contributed by atoms with Gasteiger partial charge in [0.25, 0.3) is 10.1 Å². The molecule has 24 heavy (non-hydrogen) atoms. The summed E-state index contributed by atoms with van der Waals surface area (Å²) in [4.78, 5) is 4.35. The zero-order valence-electron chi connectivity index (χ0n) is 13.2. The van der Waals surface area contributed by atoms with E-state index in [1.165, 1.54) is 0 Å². The fourth-order valence-corrected chi connectivity index (χ4v) is 4.74. The maximum absolute atomic E-state index is 11.5. The lowest BCUT2D eigenvalue weighted by Gasteiger charge is -2.27. The van der Waals surface area contributed by atoms with Crippen LogP contribution < -0.4 is 0 Å². The molecule has 0 saturated heterocycles. The summed E-state index contributed by atoms with van der Waals surface area (Å²) in [5, 5.41) is 1.64. The molecule has 2 aromatic heterocycles. The molecule has 0 bridgehead atoms. The average Bonchev–Trinajstić information content (AvgIpc) is 2.98. The van der Waals surface area contributed by atoms with Crippen LogP contribution in [0.2, 0.25) is 5.02 Å². The van der Waals surface area contributed by atoms with E-state index < -0.39 is 16.2 Å². The third kappa shape index (κ3) is 2.27. The van der Waals surface area contributed by atoms with Crippen molar-refractivity contribution in [1.82, 2.24) is 14.1 Å². The van der Waals surface area contributed by atoms with E-state index in [4.69, 9.17) is 11.6 Å². The van der Waals surface area contributed by atoms with Crippen LogP contribution in [0.1, 0.15) is 17.4 Å². The SMILES string of the molecule is Cc1ncc2n1C(CS(=O)(=O)O)Cc1c-2n(C)c2ccc(Cl)cc12. The van der Waals surface area contributed by atoms with Crippen molar-refractivity contribution in [3.05, 3.63) is 40.8 Å². The molecule has 1 aromatic carbocycles. The smallest absolute Gasteiger partial charge is 0.266 e. The van der Waals surface area contributed by atoms with E-state index in [1.54, 1.807) is 6.20 Å². The number of hydrogen-bond acceptors (Lipinski definition) is 3. The number of aromatic nitrogens is 3. The summed E-state index contributed by atoms with van der Waals surface area (Å²) >= 11 is 6.15. The molecule has 1 N–H and O–H groups in total. The Kier molecular flexibility index (Phi) is 3.32. The van der Waals surface area contributed by atoms with Gasteiger partial charge in [-0.2, -0.15) is 8.42 Å². The van der Waals surface area contributed by atoms with Gasteiger partial charge in [0.2, 0.25) is 0 Å². The Labute approximate surface area is 144 Å². The first-order valence-corrected chi connectivity index (χ1v) is 9.51. The number of rotatable bonds is 2. The number of imidazole rings is 1. The molecule has 0 amide bonds. The molecule has 126 valence electrons. The molecule has 1 unspecified atom stereocenters. The normalized spacial score (nSPS) is 17.1. The number of fused-ring (bicyclic) bond motifs is 5. The minimum Gasteiger partial charge on any atom is -0.342 e. The van der Waals surface area contributed by atoms with Crippen molar-refractivity contribution in [3.8, 4) is 11.4 Å². The van der Waals surface area contributed by atoms with Gasteiger partial charge in [-0.15, -0.1) is 0 Å². The van der Waals surface area contributed by atoms with Crippen molar-refractivity contribution in [1.29, 1.82) is 0 Å². The highest BCUT2D eigenvalue weighted by Crippen LogP contribution is 2.42. The van der Waals surface area contributed by atoms with Crippen molar-refractivity contribution in [3.63, 3.8) is 0 Å². The van der Waals surface area contributed by atoms with E-state index in [-0.39, 0.29) is 5.75 Å². The number of benzene rings is 1. The van der Waals surface area contributed by atoms with Crippen LogP contribution in [-0.4, -0.2) is 32.8 Å². The monoisotopic (exact) mass is 365 g/mol. The molecule has 0 aliphatic carbocycles. The van der Waals surface area contributed by atoms with Gasteiger partial charge in [-0.05, 0) is 37.1 Å². The Morgan fingerprint density at radius 2 is 2.17 bits per heavy atom. The molecule has 1 atom stereocenters. The van der Waals surface area contributed by atoms with Crippen molar-refractivity contribution in [2.24, 2.45) is 7.05 Å². The van der Waals surface area contributed by atoms with Crippen molar-refractivity contribution in [2.75, 3.05) is 5.75 Å². The van der Waals surface area contributed by atoms with E-state index in [0.717, 1.165) is 33.7 Å². The van der Waals surface area contributed by atoms with Crippen LogP contribution in [0.5, 0.6) is 0 Å². The third-order valence-electron chi connectivity index (χ3n) is 4.70. The second-order valence-electron chi connectivity index (χ2n) is 6.21. The van der Waals surface area contributed by atoms with E-state index >= 15 is 0 Å². The molecule has 1 aliphatic rings. The van der Waals surface area contributed by atoms with E-state index in [1.807, 2.05) is 36.7 Å². The van der Waals surface area contributed by atoms with Gasteiger partial charge >= 0.3 is 0 Å². The highest BCUT2D eigenvalue weighted by molar-refractivity contribution is 7.85. The molecule has 3 aromatic rings. The predicted molar refractivity (Wildman–Crippen MR) is 93.0 cm³/mol. The molecular formula is C16H16ClN3O3S. The van der Waals surface area contributed by atoms with E-state index in [9.17, 15) is 13.0 Å². The van der Waals surface area contributed by atoms with Crippen LogP contribution >= 0.6 is 11.6 Å². The Balaban J connectivity index is 2.02. The minimum absolute atomic E-state index is 0.340. The zero-order chi connectivity index (χ0) is 17.2. The van der Waals surface area contributed by atoms with Crippen molar-refractivity contribution in [2.45, 2.75) is 19.4 Å². The van der Waals surface area contributed by atoms with E-state index in [2.05, 4.69) is 9.55 Å². The van der Waals surface area contributed by atoms with E-state index in [0.29, 0.717) is 11.4 Å². The summed E-state index contributed by atoms with van der Waals surface area (Å²) in [6.45, 7) is 1.84. The Hall–Kier alpha value is -1.83. The van der Waals surface area contributed by atoms with Gasteiger partial charge < -0.3 is 9.13 Å². The summed E-state index contributed by atoms with van der Waals surface area (Å²) in [5.74, 6) is 0.390. The second kappa shape index (κ2) is 5.08. The highest BCUT2D eigenvalue weighted by Gasteiger charge is 2.32. The quantitative estimate of drug-likeness (QED) is 0.708. The Morgan fingerprint density at radius 1 is 1.42 bits per heavy atom. The predicted octanol–water partition coefficient (Wildman–Crippen LogP) is 2.99. The lowest BCUT2D eigenvalue weighted by atomic mass is 9.98. The van der Waals surface area contributed by atoms with Crippen LogP contribution in [0.15, 0.2) is 24.4 Å². The summed E-state index contributed by atoms with van der Waals surface area (Å²) < 4.78 is 36.3. The number of aryl methyl sites for hydroxylation is 2. The fourth-order valence-electron chi connectivity index (χ4n) is 3.82. The molecule has 0 radical (unpaired) electrons. The van der Waals surface area contributed by atoms with Crippen LogP contribution in [-0.2, 0) is 23.6 Å². The highest BCUT2D eigenvalue weighted by atomic mass is 35.5. The van der Waals surface area contributed by atoms with Gasteiger partial charge in [-0.1, -0.05) is 11.6 Å². The van der Waals surface area contributed by atoms with Gasteiger partial charge in [0, 0.05) is 23.0 Å². The second-order valence-corrected chi connectivity index (χ2v) is 8.15. The summed E-state index contributed by atoms with van der Waals surface area (Å²) in [7, 11) is -2.12. The summed E-state index contributed by atoms with van der Waals surface area (Å²) in [6, 6.07) is 5.31. The van der Waals surface area contributed by atoms with Crippen molar-refractivity contribution < 1.29 is 13.0 Å². The van der Waals surface area contributed by atoms with Gasteiger partial charge in [-0.3, -0.25) is 4.55 Å². The summed E-state index contributed by atoms with van der Waals surface area (Å²) in [6.07, 6.45) is 2.25. The standard InChI is InChI=1S/C16H16ClN3O3S/c1-9-18-7-15-16-13(6-11(20(9)15)8-24(21,22)23)12-5-10(17)3-4-14(12)19(16)2/h3-5,7,11H,6,8H2,1-2H3,(H,21,22,23). The number of hydrogen-bond donors (Lipinski definition) is 1. The average molecular weight is 366 g/mol. The minimum atomic E-state index is -4.10. The maximum Gasteiger partial charge on any atom is 0.266 e. The number of halogens is 1. The fraction of sp³-hybridized carbons (Fsp3) is 0.312. The van der Waals surface area contributed by atoms with Gasteiger partial charge in [0.05, 0.1) is 29.4 Å². The molecule has 0 spiro atoms. The first kappa shape index (κ1) is 15.7. The van der Waals surface area contributed by atoms with Crippen molar-refractivity contribution >= 4 is 32.6 Å². The van der Waals surface area contributed by atoms with Crippen LogP contribution in [0.4, 0.5) is 0 Å². The molecular weight excluding hydrogens is 350 g/mol. The lowest BCUT2D eigenvalue weighted by molar-refractivity contribution is 0.452. The zero-order valence-corrected chi connectivity index (χ0v) is 14.8. The van der Waals surface area contributed by atoms with Crippen LogP contribution in [0.3, 0.4) is 0 Å². The molecule has 0 fully saturated rings. The van der Waals surface area contributed by atoms with Gasteiger partial charge in [0.1, 0.15) is 5.82 Å². The molecule has 0 saturated carbocycles. The summed E-state index contributed by atoms with van der Waals surface area (Å²) in [5.41, 5.74) is 3.94. The lowest BCUT2D eigenvalue weighted by Crippen LogP contribution is -2.26.